The molecule has 5 nitrogen and oxygen atoms in total. The molecule has 0 saturated heterocycles. The first-order chi connectivity index (χ1) is 11.4. The number of nitrogens with zero attached hydrogens (tertiary/aromatic N) is 2. The quantitative estimate of drug-likeness (QED) is 0.866. The highest BCUT2D eigenvalue weighted by molar-refractivity contribution is 5.31. The molecule has 0 bridgehead atoms. The minimum atomic E-state index is -0.205. The summed E-state index contributed by atoms with van der Waals surface area (Å²) in [4.78, 5) is 15.8. The van der Waals surface area contributed by atoms with Crippen LogP contribution in [0.3, 0.4) is 0 Å². The Hall–Kier alpha value is -2.30. The van der Waals surface area contributed by atoms with Crippen LogP contribution in [-0.2, 0) is 18.4 Å². The van der Waals surface area contributed by atoms with Crippen LogP contribution < -0.4 is 15.0 Å². The number of rotatable bonds is 4. The second-order valence-electron chi connectivity index (χ2n) is 7.19. The standard InChI is InChI=1S/C19H24N2O3/c1-5-13-10-21-11-16(24-18(21)20-17(13)22)12-23-15-8-6-14(7-9-15)19(2,3)4/h6-10,16H,5,11-12H2,1-4H3. The van der Waals surface area contributed by atoms with E-state index >= 15 is 0 Å². The SMILES string of the molecule is CCc1cn2c(nc1=O)OC(COc1ccc(C(C)(C)C)cc1)C2. The van der Waals surface area contributed by atoms with Crippen molar-refractivity contribution >= 4 is 0 Å². The third kappa shape index (κ3) is 3.45. The van der Waals surface area contributed by atoms with Gasteiger partial charge in [0.1, 0.15) is 12.4 Å². The molecule has 24 heavy (non-hydrogen) atoms. The van der Waals surface area contributed by atoms with Crippen LogP contribution in [0, 0.1) is 0 Å². The van der Waals surface area contributed by atoms with E-state index in [1.165, 1.54) is 5.56 Å². The van der Waals surface area contributed by atoms with Crippen LogP contribution >= 0.6 is 0 Å². The molecule has 1 aromatic carbocycles. The summed E-state index contributed by atoms with van der Waals surface area (Å²) in [6.45, 7) is 9.58. The summed E-state index contributed by atoms with van der Waals surface area (Å²) in [5.74, 6) is 0.819. The van der Waals surface area contributed by atoms with Gasteiger partial charge in [0.15, 0.2) is 6.10 Å². The fourth-order valence-electron chi connectivity index (χ4n) is 2.72. The molecule has 1 aliphatic heterocycles. The lowest BCUT2D eigenvalue weighted by Crippen LogP contribution is -2.23. The summed E-state index contributed by atoms with van der Waals surface area (Å²) in [7, 11) is 0. The third-order valence-electron chi connectivity index (χ3n) is 4.24. The van der Waals surface area contributed by atoms with Crippen LogP contribution in [0.1, 0.15) is 38.8 Å². The minimum absolute atomic E-state index is 0.129. The first kappa shape index (κ1) is 16.6. The van der Waals surface area contributed by atoms with E-state index in [2.05, 4.69) is 37.9 Å². The van der Waals surface area contributed by atoms with Crippen LogP contribution in [0.15, 0.2) is 35.3 Å². The van der Waals surface area contributed by atoms with Gasteiger partial charge in [0.2, 0.25) is 0 Å². The van der Waals surface area contributed by atoms with Crippen LogP contribution in [0.25, 0.3) is 0 Å². The minimum Gasteiger partial charge on any atom is -0.490 e. The molecule has 0 fully saturated rings. The number of fused-ring (bicyclic) bond motifs is 1. The molecular weight excluding hydrogens is 304 g/mol. The van der Waals surface area contributed by atoms with Gasteiger partial charge in [-0.1, -0.05) is 39.8 Å². The van der Waals surface area contributed by atoms with E-state index in [1.54, 1.807) is 0 Å². The Morgan fingerprint density at radius 3 is 2.62 bits per heavy atom. The molecule has 0 radical (unpaired) electrons. The lowest BCUT2D eigenvalue weighted by atomic mass is 9.87. The maximum atomic E-state index is 11.8. The van der Waals surface area contributed by atoms with Crippen molar-refractivity contribution in [1.29, 1.82) is 0 Å². The van der Waals surface area contributed by atoms with Crippen molar-refractivity contribution in [2.75, 3.05) is 6.61 Å². The number of hydrogen-bond donors (Lipinski definition) is 0. The molecule has 3 rings (SSSR count). The summed E-state index contributed by atoms with van der Waals surface area (Å²) in [6, 6.07) is 8.53. The molecule has 1 unspecified atom stereocenters. The van der Waals surface area contributed by atoms with Crippen LogP contribution in [0.4, 0.5) is 0 Å². The van der Waals surface area contributed by atoms with E-state index in [9.17, 15) is 4.79 Å². The Kier molecular flexibility index (Phi) is 4.35. The summed E-state index contributed by atoms with van der Waals surface area (Å²) >= 11 is 0. The van der Waals surface area contributed by atoms with Gasteiger partial charge in [-0.3, -0.25) is 9.36 Å². The van der Waals surface area contributed by atoms with E-state index < -0.39 is 0 Å². The number of aromatic nitrogens is 2. The predicted octanol–water partition coefficient (Wildman–Crippen LogP) is 2.94. The monoisotopic (exact) mass is 328 g/mol. The number of benzene rings is 1. The van der Waals surface area contributed by atoms with Crippen molar-refractivity contribution in [1.82, 2.24) is 9.55 Å². The topological polar surface area (TPSA) is 53.4 Å². The van der Waals surface area contributed by atoms with Gasteiger partial charge in [0.25, 0.3) is 11.6 Å². The summed E-state index contributed by atoms with van der Waals surface area (Å²) < 4.78 is 13.4. The Bertz CT molecular complexity index is 773. The van der Waals surface area contributed by atoms with E-state index in [4.69, 9.17) is 9.47 Å². The molecule has 5 heteroatoms. The van der Waals surface area contributed by atoms with Gasteiger partial charge < -0.3 is 9.47 Å². The molecule has 0 spiro atoms. The van der Waals surface area contributed by atoms with Gasteiger partial charge in [-0.25, -0.2) is 0 Å². The molecule has 2 heterocycles. The van der Waals surface area contributed by atoms with Crippen molar-refractivity contribution in [2.45, 2.75) is 52.2 Å². The van der Waals surface area contributed by atoms with Crippen molar-refractivity contribution in [2.24, 2.45) is 0 Å². The first-order valence-corrected chi connectivity index (χ1v) is 8.37. The van der Waals surface area contributed by atoms with Gasteiger partial charge >= 0.3 is 0 Å². The zero-order chi connectivity index (χ0) is 17.3. The van der Waals surface area contributed by atoms with E-state index in [1.807, 2.05) is 29.8 Å². The molecule has 128 valence electrons. The van der Waals surface area contributed by atoms with Crippen LogP contribution in [0.2, 0.25) is 0 Å². The molecule has 1 atom stereocenters. The predicted molar refractivity (Wildman–Crippen MR) is 92.9 cm³/mol. The molecule has 1 aromatic heterocycles. The highest BCUT2D eigenvalue weighted by Gasteiger charge is 2.25. The van der Waals surface area contributed by atoms with Crippen molar-refractivity contribution in [3.05, 3.63) is 51.9 Å². The number of ether oxygens (including phenoxy) is 2. The molecule has 0 saturated carbocycles. The zero-order valence-electron chi connectivity index (χ0n) is 14.7. The smallest absolute Gasteiger partial charge is 0.300 e. The maximum Gasteiger partial charge on any atom is 0.300 e. The Balaban J connectivity index is 1.61. The highest BCUT2D eigenvalue weighted by atomic mass is 16.6. The van der Waals surface area contributed by atoms with Gasteiger partial charge in [0.05, 0.1) is 6.54 Å². The summed E-state index contributed by atoms with van der Waals surface area (Å²) in [5, 5.41) is 0. The van der Waals surface area contributed by atoms with E-state index in [0.717, 1.165) is 5.75 Å². The fraction of sp³-hybridized carbons (Fsp3) is 0.474. The normalized spacial score (nSPS) is 16.6. The average Bonchev–Trinajstić information content (AvgIpc) is 2.93. The van der Waals surface area contributed by atoms with Crippen LogP contribution in [-0.4, -0.2) is 22.3 Å². The Morgan fingerprint density at radius 1 is 1.29 bits per heavy atom. The second-order valence-corrected chi connectivity index (χ2v) is 7.19. The number of aryl methyl sites for hydroxylation is 1. The third-order valence-corrected chi connectivity index (χ3v) is 4.24. The van der Waals surface area contributed by atoms with Gasteiger partial charge in [0, 0.05) is 11.8 Å². The second kappa shape index (κ2) is 6.30. The molecule has 2 aromatic rings. The van der Waals surface area contributed by atoms with Crippen molar-refractivity contribution < 1.29 is 9.47 Å². The van der Waals surface area contributed by atoms with Gasteiger partial charge in [-0.05, 0) is 29.5 Å². The molecular formula is C19H24N2O3. The Labute approximate surface area is 142 Å². The fourth-order valence-corrected chi connectivity index (χ4v) is 2.72. The van der Waals surface area contributed by atoms with Crippen molar-refractivity contribution in [3.63, 3.8) is 0 Å². The van der Waals surface area contributed by atoms with E-state index in [-0.39, 0.29) is 17.1 Å². The van der Waals surface area contributed by atoms with Crippen molar-refractivity contribution in [3.8, 4) is 11.8 Å². The maximum absolute atomic E-state index is 11.8. The average molecular weight is 328 g/mol. The highest BCUT2D eigenvalue weighted by Crippen LogP contribution is 2.25. The van der Waals surface area contributed by atoms with Crippen LogP contribution in [0.5, 0.6) is 11.8 Å². The van der Waals surface area contributed by atoms with Gasteiger partial charge in [-0.2, -0.15) is 4.98 Å². The summed E-state index contributed by atoms with van der Waals surface area (Å²) in [5.41, 5.74) is 1.91. The molecule has 0 N–H and O–H groups in total. The largest absolute Gasteiger partial charge is 0.490 e. The van der Waals surface area contributed by atoms with Gasteiger partial charge in [-0.15, -0.1) is 0 Å². The number of hydrogen-bond acceptors (Lipinski definition) is 4. The van der Waals surface area contributed by atoms with E-state index in [0.29, 0.717) is 31.1 Å². The molecule has 0 amide bonds. The summed E-state index contributed by atoms with van der Waals surface area (Å²) in [6.07, 6.45) is 2.38. The molecule has 1 aliphatic rings. The molecule has 0 aliphatic carbocycles. The first-order valence-electron chi connectivity index (χ1n) is 8.37. The lowest BCUT2D eigenvalue weighted by Gasteiger charge is -2.19. The lowest BCUT2D eigenvalue weighted by molar-refractivity contribution is 0.143. The zero-order valence-corrected chi connectivity index (χ0v) is 14.7. The Morgan fingerprint density at radius 2 is 2.00 bits per heavy atom.